The van der Waals surface area contributed by atoms with Gasteiger partial charge in [-0.05, 0) is 50.2 Å². The highest BCUT2D eigenvalue weighted by atomic mass is 32.1. The molecule has 3 aromatic heterocycles. The highest BCUT2D eigenvalue weighted by molar-refractivity contribution is 7.13. The maximum absolute atomic E-state index is 4.51. The predicted octanol–water partition coefficient (Wildman–Crippen LogP) is 3.37. The third kappa shape index (κ3) is 3.04. The maximum atomic E-state index is 4.51. The number of rotatable bonds is 4. The van der Waals surface area contributed by atoms with Gasteiger partial charge in [-0.1, -0.05) is 0 Å². The lowest BCUT2D eigenvalue weighted by molar-refractivity contribution is 0.403. The molecule has 21 heavy (non-hydrogen) atoms. The second kappa shape index (κ2) is 5.79. The van der Waals surface area contributed by atoms with Crippen molar-refractivity contribution in [2.45, 2.75) is 13.5 Å². The molecule has 0 N–H and O–H groups in total. The summed E-state index contributed by atoms with van der Waals surface area (Å²) in [6, 6.07) is 6.30. The average Bonchev–Trinajstić information content (AvgIpc) is 3.07. The normalized spacial score (nSPS) is 11.2. The first-order chi connectivity index (χ1) is 10.1. The lowest BCUT2D eigenvalue weighted by Gasteiger charge is -2.07. The van der Waals surface area contributed by atoms with Gasteiger partial charge < -0.3 is 4.90 Å². The second-order valence-electron chi connectivity index (χ2n) is 5.34. The van der Waals surface area contributed by atoms with Crippen LogP contribution in [0.4, 0.5) is 0 Å². The van der Waals surface area contributed by atoms with Crippen LogP contribution in [0.1, 0.15) is 11.3 Å². The number of hydrogen-bond acceptors (Lipinski definition) is 4. The first-order valence-electron chi connectivity index (χ1n) is 6.82. The summed E-state index contributed by atoms with van der Waals surface area (Å²) in [5.74, 6) is 0.968. The molecule has 0 radical (unpaired) electrons. The molecule has 0 atom stereocenters. The van der Waals surface area contributed by atoms with E-state index in [1.165, 1.54) is 10.4 Å². The molecule has 0 aliphatic heterocycles. The Morgan fingerprint density at radius 1 is 1.24 bits per heavy atom. The van der Waals surface area contributed by atoms with E-state index in [9.17, 15) is 0 Å². The highest BCUT2D eigenvalue weighted by Gasteiger charge is 2.11. The summed E-state index contributed by atoms with van der Waals surface area (Å²) in [6.07, 6.45) is 5.70. The predicted molar refractivity (Wildman–Crippen MR) is 86.8 cm³/mol. The van der Waals surface area contributed by atoms with E-state index in [0.717, 1.165) is 23.8 Å². The van der Waals surface area contributed by atoms with Crippen LogP contribution in [0.3, 0.4) is 0 Å². The van der Waals surface area contributed by atoms with E-state index in [1.807, 2.05) is 31.6 Å². The van der Waals surface area contributed by atoms with E-state index >= 15 is 0 Å². The Morgan fingerprint density at radius 2 is 2.10 bits per heavy atom. The summed E-state index contributed by atoms with van der Waals surface area (Å²) in [6.45, 7) is 2.94. The Bertz CT molecular complexity index is 725. The van der Waals surface area contributed by atoms with Crippen LogP contribution in [0.2, 0.25) is 0 Å². The van der Waals surface area contributed by atoms with E-state index in [0.29, 0.717) is 0 Å². The van der Waals surface area contributed by atoms with Crippen LogP contribution < -0.4 is 0 Å². The van der Waals surface area contributed by atoms with Gasteiger partial charge in [-0.3, -0.25) is 9.55 Å². The average molecular weight is 298 g/mol. The third-order valence-corrected chi connectivity index (χ3v) is 4.16. The quantitative estimate of drug-likeness (QED) is 0.740. The van der Waals surface area contributed by atoms with Crippen LogP contribution in [-0.2, 0) is 6.54 Å². The van der Waals surface area contributed by atoms with E-state index in [4.69, 9.17) is 0 Å². The second-order valence-corrected chi connectivity index (χ2v) is 6.25. The number of nitrogens with zero attached hydrogens (tertiary/aromatic N) is 4. The molecule has 0 bridgehead atoms. The number of hydrogen-bond donors (Lipinski definition) is 0. The number of aromatic nitrogens is 3. The van der Waals surface area contributed by atoms with Crippen LogP contribution in [0.25, 0.3) is 16.4 Å². The topological polar surface area (TPSA) is 34.0 Å². The van der Waals surface area contributed by atoms with Crippen molar-refractivity contribution in [1.29, 1.82) is 0 Å². The van der Waals surface area contributed by atoms with Crippen LogP contribution >= 0.6 is 11.3 Å². The van der Waals surface area contributed by atoms with Gasteiger partial charge in [0.1, 0.15) is 0 Å². The van der Waals surface area contributed by atoms with Crippen molar-refractivity contribution in [3.63, 3.8) is 0 Å². The fourth-order valence-electron chi connectivity index (χ4n) is 2.24. The van der Waals surface area contributed by atoms with Gasteiger partial charge in [0.25, 0.3) is 0 Å². The van der Waals surface area contributed by atoms with Gasteiger partial charge in [-0.25, -0.2) is 4.98 Å². The molecule has 0 aromatic carbocycles. The molecule has 0 saturated carbocycles. The molecule has 0 unspecified atom stereocenters. The molecule has 3 heterocycles. The molecule has 0 saturated heterocycles. The molecular formula is C16H18N4S. The molecule has 0 spiro atoms. The molecule has 4 nitrogen and oxygen atoms in total. The minimum atomic E-state index is 0.948. The van der Waals surface area contributed by atoms with Crippen molar-refractivity contribution in [2.75, 3.05) is 14.1 Å². The summed E-state index contributed by atoms with van der Waals surface area (Å²) in [5, 5.41) is 2.20. The number of pyridine rings is 1. The van der Waals surface area contributed by atoms with Crippen LogP contribution in [0, 0.1) is 6.92 Å². The number of thiophene rings is 1. The molecule has 0 fully saturated rings. The number of imidazole rings is 1. The van der Waals surface area contributed by atoms with Crippen molar-refractivity contribution in [1.82, 2.24) is 19.4 Å². The summed E-state index contributed by atoms with van der Waals surface area (Å²) in [4.78, 5) is 12.2. The van der Waals surface area contributed by atoms with Crippen LogP contribution in [0.15, 0.2) is 42.2 Å². The Hall–Kier alpha value is -1.98. The van der Waals surface area contributed by atoms with Crippen LogP contribution in [-0.4, -0.2) is 33.5 Å². The monoisotopic (exact) mass is 298 g/mol. The number of aryl methyl sites for hydroxylation is 1. The van der Waals surface area contributed by atoms with Crippen molar-refractivity contribution >= 4 is 11.3 Å². The SMILES string of the molecule is Cc1ccc(-n2ccnc2-c2cc(CN(C)C)cs2)cn1. The molecule has 0 amide bonds. The zero-order valence-electron chi connectivity index (χ0n) is 12.4. The largest absolute Gasteiger partial charge is 0.305 e. The van der Waals surface area contributed by atoms with Crippen molar-refractivity contribution in [2.24, 2.45) is 0 Å². The Labute approximate surface area is 128 Å². The molecule has 0 aliphatic rings. The molecule has 3 aromatic rings. The lowest BCUT2D eigenvalue weighted by Crippen LogP contribution is -2.09. The minimum absolute atomic E-state index is 0.948. The Kier molecular flexibility index (Phi) is 3.86. The first-order valence-corrected chi connectivity index (χ1v) is 7.70. The van der Waals surface area contributed by atoms with E-state index in [-0.39, 0.29) is 0 Å². The van der Waals surface area contributed by atoms with Gasteiger partial charge in [-0.2, -0.15) is 0 Å². The Balaban J connectivity index is 1.95. The van der Waals surface area contributed by atoms with Gasteiger partial charge in [0, 0.05) is 24.6 Å². The lowest BCUT2D eigenvalue weighted by atomic mass is 10.3. The zero-order valence-corrected chi connectivity index (χ0v) is 13.3. The summed E-state index contributed by atoms with van der Waals surface area (Å²) < 4.78 is 2.08. The zero-order chi connectivity index (χ0) is 14.8. The highest BCUT2D eigenvalue weighted by Crippen LogP contribution is 2.28. The van der Waals surface area contributed by atoms with Crippen molar-refractivity contribution in [3.8, 4) is 16.4 Å². The molecule has 108 valence electrons. The summed E-state index contributed by atoms with van der Waals surface area (Å²) >= 11 is 1.73. The molecule has 0 aliphatic carbocycles. The van der Waals surface area contributed by atoms with Gasteiger partial charge in [0.2, 0.25) is 0 Å². The third-order valence-electron chi connectivity index (χ3n) is 3.19. The molecule has 3 rings (SSSR count). The van der Waals surface area contributed by atoms with Gasteiger partial charge in [0.15, 0.2) is 5.82 Å². The van der Waals surface area contributed by atoms with Gasteiger partial charge >= 0.3 is 0 Å². The Morgan fingerprint density at radius 3 is 2.81 bits per heavy atom. The smallest absolute Gasteiger partial charge is 0.154 e. The standard InChI is InChI=1S/C16H18N4S/c1-12-4-5-14(9-18-12)20-7-6-17-16(20)15-8-13(11-21-15)10-19(2)3/h4-9,11H,10H2,1-3H3. The minimum Gasteiger partial charge on any atom is -0.305 e. The maximum Gasteiger partial charge on any atom is 0.154 e. The first kappa shape index (κ1) is 14.0. The molecule has 5 heteroatoms. The van der Waals surface area contributed by atoms with Gasteiger partial charge in [0.05, 0.1) is 16.8 Å². The summed E-state index contributed by atoms with van der Waals surface area (Å²) in [5.41, 5.74) is 3.37. The fourth-order valence-corrected chi connectivity index (χ4v) is 3.13. The van der Waals surface area contributed by atoms with Crippen LogP contribution in [0.5, 0.6) is 0 Å². The molecular weight excluding hydrogens is 280 g/mol. The summed E-state index contributed by atoms with van der Waals surface area (Å²) in [7, 11) is 4.16. The van der Waals surface area contributed by atoms with Crippen molar-refractivity contribution in [3.05, 3.63) is 53.4 Å². The fraction of sp³-hybridized carbons (Fsp3) is 0.250. The van der Waals surface area contributed by atoms with E-state index in [2.05, 4.69) is 51.0 Å². The van der Waals surface area contributed by atoms with Gasteiger partial charge in [-0.15, -0.1) is 11.3 Å². The van der Waals surface area contributed by atoms with Crippen molar-refractivity contribution < 1.29 is 0 Å². The van der Waals surface area contributed by atoms with E-state index in [1.54, 1.807) is 11.3 Å². The van der Waals surface area contributed by atoms with E-state index < -0.39 is 0 Å².